The second kappa shape index (κ2) is 6.76. The second-order valence-corrected chi connectivity index (χ2v) is 7.11. The van der Waals surface area contributed by atoms with Gasteiger partial charge in [-0.05, 0) is 37.1 Å². The van der Waals surface area contributed by atoms with Gasteiger partial charge in [0.05, 0.1) is 22.3 Å². The predicted octanol–water partition coefficient (Wildman–Crippen LogP) is 3.26. The van der Waals surface area contributed by atoms with E-state index in [9.17, 15) is 4.79 Å². The molecule has 0 radical (unpaired) electrons. The quantitative estimate of drug-likeness (QED) is 0.673. The van der Waals surface area contributed by atoms with E-state index in [0.29, 0.717) is 5.92 Å². The summed E-state index contributed by atoms with van der Waals surface area (Å²) in [6, 6.07) is 11.8. The number of rotatable bonds is 3. The van der Waals surface area contributed by atoms with Crippen LogP contribution in [0.15, 0.2) is 36.4 Å². The highest BCUT2D eigenvalue weighted by Crippen LogP contribution is 2.34. The van der Waals surface area contributed by atoms with Gasteiger partial charge in [-0.3, -0.25) is 0 Å². The summed E-state index contributed by atoms with van der Waals surface area (Å²) in [6.45, 7) is 1.82. The van der Waals surface area contributed by atoms with E-state index in [-0.39, 0.29) is 5.69 Å². The van der Waals surface area contributed by atoms with E-state index in [2.05, 4.69) is 38.0 Å². The maximum Gasteiger partial charge on any atom is 0.358 e. The Balaban J connectivity index is 1.43. The Kier molecular flexibility index (Phi) is 4.31. The lowest BCUT2D eigenvalue weighted by Gasteiger charge is -2.31. The average molecular weight is 354 g/mol. The maximum absolute atomic E-state index is 11.4. The van der Waals surface area contributed by atoms with Crippen molar-refractivity contribution in [3.8, 4) is 0 Å². The highest BCUT2D eigenvalue weighted by molar-refractivity contribution is 7.18. The number of nitrogens with zero attached hydrogens (tertiary/aromatic N) is 4. The fourth-order valence-corrected chi connectivity index (χ4v) is 4.26. The van der Waals surface area contributed by atoms with Gasteiger partial charge in [0.25, 0.3) is 0 Å². The first-order valence-electron chi connectivity index (χ1n) is 8.27. The van der Waals surface area contributed by atoms with Gasteiger partial charge in [-0.15, -0.1) is 21.5 Å². The van der Waals surface area contributed by atoms with Gasteiger partial charge in [-0.25, -0.2) is 9.78 Å². The van der Waals surface area contributed by atoms with Crippen LogP contribution in [-0.4, -0.2) is 41.3 Å². The van der Waals surface area contributed by atoms with E-state index in [1.165, 1.54) is 16.8 Å². The summed E-state index contributed by atoms with van der Waals surface area (Å²) in [5, 5.41) is 9.35. The lowest BCUT2D eigenvalue weighted by atomic mass is 9.97. The summed E-state index contributed by atoms with van der Waals surface area (Å²) in [7, 11) is 1.34. The number of hydrogen-bond acceptors (Lipinski definition) is 7. The molecule has 4 rings (SSSR count). The normalized spacial score (nSPS) is 15.5. The van der Waals surface area contributed by atoms with Crippen molar-refractivity contribution in [2.45, 2.75) is 18.8 Å². The molecule has 3 aromatic rings. The van der Waals surface area contributed by atoms with Crippen LogP contribution in [-0.2, 0) is 4.74 Å². The van der Waals surface area contributed by atoms with Crippen molar-refractivity contribution in [2.75, 3.05) is 25.1 Å². The van der Waals surface area contributed by atoms with Crippen LogP contribution in [0.25, 0.3) is 10.2 Å². The first-order chi connectivity index (χ1) is 12.2. The van der Waals surface area contributed by atoms with E-state index in [1.807, 2.05) is 12.1 Å². The lowest BCUT2D eigenvalue weighted by Crippen LogP contribution is -2.33. The van der Waals surface area contributed by atoms with Crippen molar-refractivity contribution in [1.29, 1.82) is 0 Å². The molecular weight excluding hydrogens is 336 g/mol. The standard InChI is InChI=1S/C18H18N4O2S/c1-24-18(23)14-6-7-16(21-20-14)22-10-8-12(9-11-22)17-19-13-4-2-3-5-15(13)25-17/h2-7,12H,8-11H2,1H3. The van der Waals surface area contributed by atoms with Crippen molar-refractivity contribution in [3.05, 3.63) is 47.1 Å². The number of aromatic nitrogens is 3. The van der Waals surface area contributed by atoms with Crippen LogP contribution >= 0.6 is 11.3 Å². The number of methoxy groups -OCH3 is 1. The molecule has 1 aliphatic heterocycles. The number of para-hydroxylation sites is 1. The molecule has 1 aromatic carbocycles. The van der Waals surface area contributed by atoms with Crippen molar-refractivity contribution >= 4 is 33.3 Å². The number of fused-ring (bicyclic) bond motifs is 1. The zero-order valence-corrected chi connectivity index (χ0v) is 14.7. The molecule has 0 amide bonds. The Morgan fingerprint density at radius 3 is 2.64 bits per heavy atom. The molecule has 25 heavy (non-hydrogen) atoms. The SMILES string of the molecule is COC(=O)c1ccc(N2CCC(c3nc4ccccc4s3)CC2)nn1. The van der Waals surface area contributed by atoms with Gasteiger partial charge in [0.1, 0.15) is 0 Å². The van der Waals surface area contributed by atoms with Gasteiger partial charge >= 0.3 is 5.97 Å². The third-order valence-corrected chi connectivity index (χ3v) is 5.72. The van der Waals surface area contributed by atoms with Gasteiger partial charge in [0, 0.05) is 19.0 Å². The number of piperidine rings is 1. The second-order valence-electron chi connectivity index (χ2n) is 6.05. The molecule has 6 nitrogen and oxygen atoms in total. The fourth-order valence-electron chi connectivity index (χ4n) is 3.13. The molecule has 1 fully saturated rings. The summed E-state index contributed by atoms with van der Waals surface area (Å²) in [5.74, 6) is 0.833. The Hall–Kier alpha value is -2.54. The highest BCUT2D eigenvalue weighted by atomic mass is 32.1. The van der Waals surface area contributed by atoms with Crippen LogP contribution in [0, 0.1) is 0 Å². The predicted molar refractivity (Wildman–Crippen MR) is 97.2 cm³/mol. The summed E-state index contributed by atoms with van der Waals surface area (Å²) < 4.78 is 5.90. The van der Waals surface area contributed by atoms with Crippen molar-refractivity contribution < 1.29 is 9.53 Å². The van der Waals surface area contributed by atoms with Crippen LogP contribution in [0.3, 0.4) is 0 Å². The van der Waals surface area contributed by atoms with E-state index in [4.69, 9.17) is 4.98 Å². The molecule has 2 aromatic heterocycles. The lowest BCUT2D eigenvalue weighted by molar-refractivity contribution is 0.0592. The van der Waals surface area contributed by atoms with Gasteiger partial charge < -0.3 is 9.64 Å². The molecule has 128 valence electrons. The molecular formula is C18H18N4O2S. The molecule has 0 unspecified atom stereocenters. The van der Waals surface area contributed by atoms with Gasteiger partial charge in [-0.2, -0.15) is 0 Å². The minimum atomic E-state index is -0.464. The fraction of sp³-hybridized carbons (Fsp3) is 0.333. The smallest absolute Gasteiger partial charge is 0.358 e. The van der Waals surface area contributed by atoms with Crippen LogP contribution in [0.4, 0.5) is 5.82 Å². The molecule has 0 spiro atoms. The minimum absolute atomic E-state index is 0.232. The summed E-state index contributed by atoms with van der Waals surface area (Å²) in [4.78, 5) is 18.4. The number of carbonyl (C=O) groups excluding carboxylic acids is 1. The zero-order chi connectivity index (χ0) is 17.2. The largest absolute Gasteiger partial charge is 0.464 e. The van der Waals surface area contributed by atoms with E-state index < -0.39 is 5.97 Å². The Bertz CT molecular complexity index is 852. The highest BCUT2D eigenvalue weighted by Gasteiger charge is 2.24. The minimum Gasteiger partial charge on any atom is -0.464 e. The number of thiazole rings is 1. The maximum atomic E-state index is 11.4. The summed E-state index contributed by atoms with van der Waals surface area (Å²) in [5.41, 5.74) is 1.32. The Morgan fingerprint density at radius 2 is 1.96 bits per heavy atom. The molecule has 0 aliphatic carbocycles. The Labute approximate surface area is 149 Å². The molecule has 1 saturated heterocycles. The number of benzene rings is 1. The van der Waals surface area contributed by atoms with E-state index in [1.54, 1.807) is 17.4 Å². The first kappa shape index (κ1) is 16.0. The topological polar surface area (TPSA) is 68.2 Å². The van der Waals surface area contributed by atoms with Gasteiger partial charge in [0.15, 0.2) is 11.5 Å². The van der Waals surface area contributed by atoms with Crippen molar-refractivity contribution in [2.24, 2.45) is 0 Å². The zero-order valence-electron chi connectivity index (χ0n) is 13.9. The van der Waals surface area contributed by atoms with Crippen LogP contribution in [0.5, 0.6) is 0 Å². The summed E-state index contributed by atoms with van der Waals surface area (Å²) in [6.07, 6.45) is 2.08. The van der Waals surface area contributed by atoms with Crippen LogP contribution < -0.4 is 4.90 Å². The van der Waals surface area contributed by atoms with Crippen LogP contribution in [0.1, 0.15) is 34.3 Å². The average Bonchev–Trinajstić information content (AvgIpc) is 3.12. The molecule has 0 saturated carbocycles. The number of esters is 1. The number of ether oxygens (including phenoxy) is 1. The number of anilines is 1. The first-order valence-corrected chi connectivity index (χ1v) is 9.08. The van der Waals surface area contributed by atoms with Crippen LogP contribution in [0.2, 0.25) is 0 Å². The molecule has 0 atom stereocenters. The third kappa shape index (κ3) is 3.19. The Morgan fingerprint density at radius 1 is 1.16 bits per heavy atom. The molecule has 1 aliphatic rings. The van der Waals surface area contributed by atoms with E-state index >= 15 is 0 Å². The monoisotopic (exact) mass is 354 g/mol. The third-order valence-electron chi connectivity index (χ3n) is 4.52. The molecule has 7 heteroatoms. The molecule has 0 bridgehead atoms. The van der Waals surface area contributed by atoms with Gasteiger partial charge in [-0.1, -0.05) is 12.1 Å². The number of hydrogen-bond donors (Lipinski definition) is 0. The van der Waals surface area contributed by atoms with E-state index in [0.717, 1.165) is 37.3 Å². The van der Waals surface area contributed by atoms with Gasteiger partial charge in [0.2, 0.25) is 0 Å². The van der Waals surface area contributed by atoms with Crippen molar-refractivity contribution in [1.82, 2.24) is 15.2 Å². The van der Waals surface area contributed by atoms with Crippen molar-refractivity contribution in [3.63, 3.8) is 0 Å². The molecule has 0 N–H and O–H groups in total. The summed E-state index contributed by atoms with van der Waals surface area (Å²) >= 11 is 1.80. The molecule has 3 heterocycles. The number of carbonyl (C=O) groups is 1.